The van der Waals surface area contributed by atoms with Crippen molar-refractivity contribution in [3.05, 3.63) is 64.7 Å². The van der Waals surface area contributed by atoms with Crippen molar-refractivity contribution in [2.24, 2.45) is 5.14 Å². The normalized spacial score (nSPS) is 12.6. The number of amides is 1. The molecule has 0 aromatic heterocycles. The van der Waals surface area contributed by atoms with E-state index in [0.29, 0.717) is 12.1 Å². The quantitative estimate of drug-likeness (QED) is 0.690. The van der Waals surface area contributed by atoms with Crippen molar-refractivity contribution in [3.63, 3.8) is 0 Å². The van der Waals surface area contributed by atoms with Crippen LogP contribution in [0.25, 0.3) is 0 Å². The third-order valence-electron chi connectivity index (χ3n) is 4.13. The number of primary sulfonamides is 1. The van der Waals surface area contributed by atoms with Gasteiger partial charge in [0.2, 0.25) is 15.9 Å². The van der Waals surface area contributed by atoms with Crippen LogP contribution in [0.3, 0.4) is 0 Å². The molecule has 0 saturated carbocycles. The first kappa shape index (κ1) is 20.1. The second-order valence-electron chi connectivity index (χ2n) is 6.48. The van der Waals surface area contributed by atoms with Crippen molar-refractivity contribution >= 4 is 21.6 Å². The molecule has 0 heterocycles. The Labute approximate surface area is 154 Å². The third-order valence-corrected chi connectivity index (χ3v) is 4.86. The predicted octanol–water partition coefficient (Wildman–Crippen LogP) is 2.21. The molecule has 0 aliphatic rings. The van der Waals surface area contributed by atoms with E-state index in [4.69, 9.17) is 5.14 Å². The summed E-state index contributed by atoms with van der Waals surface area (Å²) in [6, 6.07) is 12.6. The first-order valence-corrected chi connectivity index (χ1v) is 10.1. The smallest absolute Gasteiger partial charge is 0.241 e. The molecule has 1 unspecified atom stereocenters. The van der Waals surface area contributed by atoms with Crippen molar-refractivity contribution in [2.75, 3.05) is 5.32 Å². The summed E-state index contributed by atoms with van der Waals surface area (Å²) in [6.45, 7) is 6.23. The molecule has 0 radical (unpaired) electrons. The number of para-hydroxylation sites is 1. The van der Waals surface area contributed by atoms with Gasteiger partial charge in [0.05, 0.1) is 11.8 Å². The lowest BCUT2D eigenvalue weighted by atomic mass is 10.1. The van der Waals surface area contributed by atoms with Crippen molar-refractivity contribution in [1.82, 2.24) is 5.32 Å². The number of anilines is 1. The van der Waals surface area contributed by atoms with E-state index < -0.39 is 10.0 Å². The van der Waals surface area contributed by atoms with Gasteiger partial charge in [0, 0.05) is 12.2 Å². The highest BCUT2D eigenvalue weighted by molar-refractivity contribution is 7.88. The van der Waals surface area contributed by atoms with Gasteiger partial charge < -0.3 is 10.6 Å². The Bertz CT molecular complexity index is 857. The monoisotopic (exact) mass is 375 g/mol. The number of nitrogens with two attached hydrogens (primary N) is 1. The molecule has 1 amide bonds. The summed E-state index contributed by atoms with van der Waals surface area (Å²) in [7, 11) is -3.53. The van der Waals surface area contributed by atoms with Gasteiger partial charge in [0.1, 0.15) is 0 Å². The number of aryl methyl sites for hydroxylation is 2. The van der Waals surface area contributed by atoms with Crippen LogP contribution < -0.4 is 15.8 Å². The summed E-state index contributed by atoms with van der Waals surface area (Å²) in [6.07, 6.45) is 0. The SMILES string of the molecule is Cc1cccc(C)c1NC(=O)C(C)NCc1ccc(CS(N)(=O)=O)cc1. The minimum Gasteiger partial charge on any atom is -0.324 e. The van der Waals surface area contributed by atoms with Crippen molar-refractivity contribution in [3.8, 4) is 0 Å². The molecule has 2 aromatic rings. The summed E-state index contributed by atoms with van der Waals surface area (Å²) >= 11 is 0. The van der Waals surface area contributed by atoms with Gasteiger partial charge in [-0.15, -0.1) is 0 Å². The number of rotatable bonds is 7. The van der Waals surface area contributed by atoms with Gasteiger partial charge in [-0.05, 0) is 43.0 Å². The maximum atomic E-state index is 12.4. The van der Waals surface area contributed by atoms with Gasteiger partial charge in [0.25, 0.3) is 0 Å². The van der Waals surface area contributed by atoms with Crippen molar-refractivity contribution in [2.45, 2.75) is 39.1 Å². The van der Waals surface area contributed by atoms with Gasteiger partial charge >= 0.3 is 0 Å². The second-order valence-corrected chi connectivity index (χ2v) is 8.10. The van der Waals surface area contributed by atoms with Gasteiger partial charge in [-0.1, -0.05) is 42.5 Å². The van der Waals surface area contributed by atoms with Crippen LogP contribution in [-0.4, -0.2) is 20.4 Å². The summed E-state index contributed by atoms with van der Waals surface area (Å²) in [5.74, 6) is -0.289. The van der Waals surface area contributed by atoms with Crippen LogP contribution >= 0.6 is 0 Å². The largest absolute Gasteiger partial charge is 0.324 e. The average molecular weight is 375 g/mol. The van der Waals surface area contributed by atoms with E-state index in [1.165, 1.54) is 0 Å². The molecule has 2 aromatic carbocycles. The first-order chi connectivity index (χ1) is 12.2. The summed E-state index contributed by atoms with van der Waals surface area (Å²) < 4.78 is 22.2. The number of benzene rings is 2. The van der Waals surface area contributed by atoms with E-state index in [2.05, 4.69) is 10.6 Å². The lowest BCUT2D eigenvalue weighted by Crippen LogP contribution is -2.37. The molecule has 0 fully saturated rings. The molecule has 0 spiro atoms. The molecule has 0 bridgehead atoms. The lowest BCUT2D eigenvalue weighted by Gasteiger charge is -2.17. The molecule has 0 saturated heterocycles. The molecule has 7 heteroatoms. The Morgan fingerprint density at radius 2 is 1.58 bits per heavy atom. The Kier molecular flexibility index (Phi) is 6.52. The number of sulfonamides is 1. The minimum atomic E-state index is -3.53. The molecule has 2 rings (SSSR count). The fourth-order valence-corrected chi connectivity index (χ4v) is 3.25. The molecular weight excluding hydrogens is 350 g/mol. The molecule has 0 aliphatic heterocycles. The predicted molar refractivity (Wildman–Crippen MR) is 104 cm³/mol. The zero-order chi connectivity index (χ0) is 19.3. The van der Waals surface area contributed by atoms with Gasteiger partial charge in [-0.3, -0.25) is 4.79 Å². The van der Waals surface area contributed by atoms with Gasteiger partial charge in [-0.25, -0.2) is 13.6 Å². The number of hydrogen-bond acceptors (Lipinski definition) is 4. The zero-order valence-corrected chi connectivity index (χ0v) is 16.1. The van der Waals surface area contributed by atoms with Crippen LogP contribution in [0, 0.1) is 13.8 Å². The highest BCUT2D eigenvalue weighted by atomic mass is 32.2. The van der Waals surface area contributed by atoms with E-state index in [1.807, 2.05) is 44.2 Å². The Morgan fingerprint density at radius 1 is 1.04 bits per heavy atom. The zero-order valence-electron chi connectivity index (χ0n) is 15.2. The first-order valence-electron chi connectivity index (χ1n) is 8.34. The summed E-state index contributed by atoms with van der Waals surface area (Å²) in [4.78, 5) is 12.4. The number of carbonyl (C=O) groups is 1. The molecule has 4 N–H and O–H groups in total. The molecule has 6 nitrogen and oxygen atoms in total. The van der Waals surface area contributed by atoms with Crippen molar-refractivity contribution in [1.29, 1.82) is 0 Å². The van der Waals surface area contributed by atoms with Crippen LogP contribution in [-0.2, 0) is 27.1 Å². The van der Waals surface area contributed by atoms with Crippen LogP contribution in [0.1, 0.15) is 29.2 Å². The van der Waals surface area contributed by atoms with Crippen LogP contribution in [0.5, 0.6) is 0 Å². The van der Waals surface area contributed by atoms with Crippen LogP contribution in [0.2, 0.25) is 0 Å². The number of carbonyl (C=O) groups excluding carboxylic acids is 1. The second kappa shape index (κ2) is 8.44. The maximum Gasteiger partial charge on any atom is 0.241 e. The number of nitrogens with one attached hydrogen (secondary N) is 2. The van der Waals surface area contributed by atoms with E-state index >= 15 is 0 Å². The van der Waals surface area contributed by atoms with Gasteiger partial charge in [0.15, 0.2) is 0 Å². The fraction of sp³-hybridized carbons (Fsp3) is 0.316. The topological polar surface area (TPSA) is 101 Å². The van der Waals surface area contributed by atoms with Crippen LogP contribution in [0.4, 0.5) is 5.69 Å². The van der Waals surface area contributed by atoms with Crippen LogP contribution in [0.15, 0.2) is 42.5 Å². The lowest BCUT2D eigenvalue weighted by molar-refractivity contribution is -0.117. The average Bonchev–Trinajstić information content (AvgIpc) is 2.56. The fourth-order valence-electron chi connectivity index (χ4n) is 2.59. The Morgan fingerprint density at radius 3 is 2.12 bits per heavy atom. The van der Waals surface area contributed by atoms with Crippen molar-refractivity contribution < 1.29 is 13.2 Å². The Balaban J connectivity index is 1.91. The minimum absolute atomic E-state index is 0.103. The summed E-state index contributed by atoms with van der Waals surface area (Å²) in [5, 5.41) is 11.2. The highest BCUT2D eigenvalue weighted by Crippen LogP contribution is 2.19. The molecule has 0 aliphatic carbocycles. The molecular formula is C19H25N3O3S. The van der Waals surface area contributed by atoms with E-state index in [1.54, 1.807) is 19.1 Å². The molecule has 140 valence electrons. The molecule has 26 heavy (non-hydrogen) atoms. The molecule has 1 atom stereocenters. The number of hydrogen-bond donors (Lipinski definition) is 3. The summed E-state index contributed by atoms with van der Waals surface area (Å²) in [5.41, 5.74) is 4.48. The maximum absolute atomic E-state index is 12.4. The van der Waals surface area contributed by atoms with E-state index in [-0.39, 0.29) is 17.7 Å². The van der Waals surface area contributed by atoms with Gasteiger partial charge in [-0.2, -0.15) is 0 Å². The third kappa shape index (κ3) is 5.94. The highest BCUT2D eigenvalue weighted by Gasteiger charge is 2.14. The Hall–Kier alpha value is -2.22. The van der Waals surface area contributed by atoms with E-state index in [0.717, 1.165) is 22.4 Å². The van der Waals surface area contributed by atoms with E-state index in [9.17, 15) is 13.2 Å². The standard InChI is InChI=1S/C19H25N3O3S/c1-13-5-4-6-14(2)18(13)22-19(23)15(3)21-11-16-7-9-17(10-8-16)12-26(20,24)25/h4-10,15,21H,11-12H2,1-3H3,(H,22,23)(H2,20,24,25).